The van der Waals surface area contributed by atoms with Crippen molar-refractivity contribution in [2.75, 3.05) is 31.1 Å². The highest BCUT2D eigenvalue weighted by Crippen LogP contribution is 2.22. The van der Waals surface area contributed by atoms with Crippen molar-refractivity contribution in [2.24, 2.45) is 0 Å². The zero-order valence-corrected chi connectivity index (χ0v) is 15.9. The summed E-state index contributed by atoms with van der Waals surface area (Å²) >= 11 is 0. The van der Waals surface area contributed by atoms with Gasteiger partial charge in [-0.2, -0.15) is 0 Å². The number of carboxylic acids is 1. The van der Waals surface area contributed by atoms with Gasteiger partial charge in [0.05, 0.1) is 0 Å². The van der Waals surface area contributed by atoms with Crippen LogP contribution < -0.4 is 4.90 Å². The van der Waals surface area contributed by atoms with Crippen molar-refractivity contribution in [2.45, 2.75) is 33.2 Å². The molecule has 4 nitrogen and oxygen atoms in total. The first kappa shape index (κ1) is 18.5. The molecule has 1 aliphatic rings. The van der Waals surface area contributed by atoms with Crippen LogP contribution in [-0.4, -0.2) is 48.2 Å². The van der Waals surface area contributed by atoms with E-state index in [2.05, 4.69) is 54.8 Å². The maximum absolute atomic E-state index is 12.0. The third-order valence-corrected chi connectivity index (χ3v) is 5.40. The minimum atomic E-state index is -0.725. The molecule has 3 rings (SSSR count). The lowest BCUT2D eigenvalue weighted by atomic mass is 9.93. The third kappa shape index (κ3) is 4.07. The molecule has 0 amide bonds. The minimum absolute atomic E-state index is 0.465. The number of hydrogen-bond acceptors (Lipinski definition) is 3. The first-order valence-electron chi connectivity index (χ1n) is 9.29. The van der Waals surface area contributed by atoms with Gasteiger partial charge in [0.15, 0.2) is 0 Å². The Morgan fingerprint density at radius 2 is 1.58 bits per heavy atom. The van der Waals surface area contributed by atoms with Gasteiger partial charge in [0, 0.05) is 31.9 Å². The number of hydrogen-bond donors (Lipinski definition) is 1. The lowest BCUT2D eigenvalue weighted by Crippen LogP contribution is -2.53. The van der Waals surface area contributed by atoms with E-state index in [0.29, 0.717) is 6.42 Å². The molecule has 0 spiro atoms. The predicted molar refractivity (Wildman–Crippen MR) is 106 cm³/mol. The van der Waals surface area contributed by atoms with E-state index in [0.717, 1.165) is 26.2 Å². The molecular weight excluding hydrogens is 324 g/mol. The van der Waals surface area contributed by atoms with Crippen molar-refractivity contribution in [3.63, 3.8) is 0 Å². The maximum atomic E-state index is 12.0. The summed E-state index contributed by atoms with van der Waals surface area (Å²) in [6, 6.07) is 14.2. The number of piperazine rings is 1. The third-order valence-electron chi connectivity index (χ3n) is 5.40. The first-order valence-corrected chi connectivity index (χ1v) is 9.29. The number of para-hydroxylation sites is 1. The van der Waals surface area contributed by atoms with E-state index in [4.69, 9.17) is 0 Å². The van der Waals surface area contributed by atoms with Crippen LogP contribution in [0.25, 0.3) is 0 Å². The fraction of sp³-hybridized carbons (Fsp3) is 0.409. The zero-order chi connectivity index (χ0) is 18.7. The van der Waals surface area contributed by atoms with Crippen molar-refractivity contribution in [3.8, 4) is 0 Å². The van der Waals surface area contributed by atoms with Crippen LogP contribution in [-0.2, 0) is 11.2 Å². The largest absolute Gasteiger partial charge is 0.480 e. The van der Waals surface area contributed by atoms with E-state index in [1.54, 1.807) is 0 Å². The molecule has 0 radical (unpaired) electrons. The molecule has 1 saturated heterocycles. The van der Waals surface area contributed by atoms with Crippen LogP contribution in [0.5, 0.6) is 0 Å². The molecule has 138 valence electrons. The normalized spacial score (nSPS) is 16.5. The van der Waals surface area contributed by atoms with Crippen molar-refractivity contribution in [1.29, 1.82) is 0 Å². The Morgan fingerprint density at radius 3 is 2.12 bits per heavy atom. The number of nitrogens with zero attached hydrogens (tertiary/aromatic N) is 2. The number of carbonyl (C=O) groups is 1. The molecule has 1 atom stereocenters. The zero-order valence-electron chi connectivity index (χ0n) is 15.9. The Hall–Kier alpha value is -2.33. The lowest BCUT2D eigenvalue weighted by Gasteiger charge is -2.39. The smallest absolute Gasteiger partial charge is 0.321 e. The van der Waals surface area contributed by atoms with Crippen molar-refractivity contribution < 1.29 is 9.90 Å². The van der Waals surface area contributed by atoms with Crippen LogP contribution in [0.15, 0.2) is 42.5 Å². The number of benzene rings is 2. The van der Waals surface area contributed by atoms with Gasteiger partial charge < -0.3 is 10.0 Å². The Bertz CT molecular complexity index is 742. The van der Waals surface area contributed by atoms with Gasteiger partial charge in [0.2, 0.25) is 0 Å². The van der Waals surface area contributed by atoms with Crippen LogP contribution >= 0.6 is 0 Å². The summed E-state index contributed by atoms with van der Waals surface area (Å²) in [5.74, 6) is -0.725. The van der Waals surface area contributed by atoms with Gasteiger partial charge in [-0.05, 0) is 56.0 Å². The maximum Gasteiger partial charge on any atom is 0.321 e. The fourth-order valence-electron chi connectivity index (χ4n) is 4.03. The number of rotatable bonds is 5. The van der Waals surface area contributed by atoms with Gasteiger partial charge in [0.25, 0.3) is 0 Å². The topological polar surface area (TPSA) is 43.8 Å². The molecule has 1 N–H and O–H groups in total. The predicted octanol–water partition coefficient (Wildman–Crippen LogP) is 3.43. The monoisotopic (exact) mass is 352 g/mol. The SMILES string of the molecule is Cc1cc(C)c(CC(C(=O)O)N2CCN(c3ccccc3)CC2)c(C)c1. The van der Waals surface area contributed by atoms with Crippen LogP contribution in [0.4, 0.5) is 5.69 Å². The summed E-state index contributed by atoms with van der Waals surface area (Å²) in [5.41, 5.74) is 6.00. The second kappa shape index (κ2) is 7.92. The van der Waals surface area contributed by atoms with Crippen molar-refractivity contribution in [1.82, 2.24) is 4.90 Å². The highest BCUT2D eigenvalue weighted by Gasteiger charge is 2.30. The summed E-state index contributed by atoms with van der Waals surface area (Å²) in [5, 5.41) is 9.85. The molecule has 0 aliphatic carbocycles. The van der Waals surface area contributed by atoms with Gasteiger partial charge in [-0.3, -0.25) is 9.69 Å². The van der Waals surface area contributed by atoms with E-state index in [1.165, 1.54) is 27.9 Å². The quantitative estimate of drug-likeness (QED) is 0.895. The second-order valence-electron chi connectivity index (χ2n) is 7.29. The molecular formula is C22H28N2O2. The molecule has 1 aliphatic heterocycles. The molecule has 1 unspecified atom stereocenters. The summed E-state index contributed by atoms with van der Waals surface area (Å²) in [7, 11) is 0. The van der Waals surface area contributed by atoms with Gasteiger partial charge in [-0.15, -0.1) is 0 Å². The fourth-order valence-corrected chi connectivity index (χ4v) is 4.03. The van der Waals surface area contributed by atoms with Gasteiger partial charge >= 0.3 is 5.97 Å². The first-order chi connectivity index (χ1) is 12.5. The molecule has 0 saturated carbocycles. The number of aliphatic carboxylic acids is 1. The number of carboxylic acid groups (broad SMARTS) is 1. The second-order valence-corrected chi connectivity index (χ2v) is 7.29. The van der Waals surface area contributed by atoms with E-state index in [1.807, 2.05) is 18.2 Å². The molecule has 2 aromatic rings. The molecule has 4 heteroatoms. The van der Waals surface area contributed by atoms with Crippen LogP contribution in [0.2, 0.25) is 0 Å². The average Bonchev–Trinajstić information content (AvgIpc) is 2.62. The van der Waals surface area contributed by atoms with E-state index in [-0.39, 0.29) is 0 Å². The van der Waals surface area contributed by atoms with Gasteiger partial charge in [-0.25, -0.2) is 0 Å². The standard InChI is InChI=1S/C22H28N2O2/c1-16-13-17(2)20(18(3)14-16)15-21(22(25)26)24-11-9-23(10-12-24)19-7-5-4-6-8-19/h4-8,13-14,21H,9-12,15H2,1-3H3,(H,25,26). The lowest BCUT2D eigenvalue weighted by molar-refractivity contribution is -0.143. The van der Waals surface area contributed by atoms with Gasteiger partial charge in [-0.1, -0.05) is 35.9 Å². The molecule has 0 bridgehead atoms. The molecule has 1 fully saturated rings. The Kier molecular flexibility index (Phi) is 5.62. The van der Waals surface area contributed by atoms with Crippen LogP contribution in [0.1, 0.15) is 22.3 Å². The van der Waals surface area contributed by atoms with Crippen LogP contribution in [0, 0.1) is 20.8 Å². The van der Waals surface area contributed by atoms with E-state index >= 15 is 0 Å². The highest BCUT2D eigenvalue weighted by molar-refractivity contribution is 5.74. The summed E-state index contributed by atoms with van der Waals surface area (Å²) < 4.78 is 0. The highest BCUT2D eigenvalue weighted by atomic mass is 16.4. The number of aryl methyl sites for hydroxylation is 3. The summed E-state index contributed by atoms with van der Waals surface area (Å²) in [4.78, 5) is 16.4. The molecule has 0 aromatic heterocycles. The van der Waals surface area contributed by atoms with Crippen molar-refractivity contribution in [3.05, 3.63) is 64.7 Å². The molecule has 2 aromatic carbocycles. The summed E-state index contributed by atoms with van der Waals surface area (Å²) in [6.07, 6.45) is 0.568. The summed E-state index contributed by atoms with van der Waals surface area (Å²) in [6.45, 7) is 9.52. The van der Waals surface area contributed by atoms with E-state index < -0.39 is 12.0 Å². The molecule has 1 heterocycles. The van der Waals surface area contributed by atoms with E-state index in [9.17, 15) is 9.90 Å². The molecule has 26 heavy (non-hydrogen) atoms. The van der Waals surface area contributed by atoms with Crippen LogP contribution in [0.3, 0.4) is 0 Å². The average molecular weight is 352 g/mol. The minimum Gasteiger partial charge on any atom is -0.480 e. The Labute approximate surface area is 156 Å². The van der Waals surface area contributed by atoms with Gasteiger partial charge in [0.1, 0.15) is 6.04 Å². The number of anilines is 1. The Morgan fingerprint density at radius 1 is 1.00 bits per heavy atom. The van der Waals surface area contributed by atoms with Crippen molar-refractivity contribution >= 4 is 11.7 Å². The Balaban J connectivity index is 1.71.